The first-order chi connectivity index (χ1) is 22.3. The number of benzene rings is 4. The van der Waals surface area contributed by atoms with Crippen molar-refractivity contribution in [2.45, 2.75) is 26.4 Å². The number of ether oxygens (including phenoxy) is 1. The second-order valence-corrected chi connectivity index (χ2v) is 11.7. The lowest BCUT2D eigenvalue weighted by atomic mass is 10.0. The van der Waals surface area contributed by atoms with E-state index in [1.807, 2.05) is 86.6 Å². The van der Waals surface area contributed by atoms with Gasteiger partial charge in [-0.2, -0.15) is 0 Å². The smallest absolute Gasteiger partial charge is 0.299 e. The third-order valence-electron chi connectivity index (χ3n) is 8.43. The zero-order chi connectivity index (χ0) is 32.2. The Labute approximate surface area is 268 Å². The second kappa shape index (κ2) is 13.4. The van der Waals surface area contributed by atoms with Crippen molar-refractivity contribution in [3.05, 3.63) is 125 Å². The number of rotatable bonds is 9. The SMILES string of the molecule is Cc1ccc(CN(C(=O)CN2C(=O)C(=O)c3ccccc32)C(C(=O)Nc2ccc(N3CCOCC3)cc2)c2ccc(C)cc2)cc1. The van der Waals surface area contributed by atoms with Crippen LogP contribution in [-0.2, 0) is 25.7 Å². The molecule has 3 amide bonds. The Bertz CT molecular complexity index is 1750. The van der Waals surface area contributed by atoms with Crippen LogP contribution in [0.25, 0.3) is 0 Å². The van der Waals surface area contributed by atoms with Crippen LogP contribution in [0.5, 0.6) is 0 Å². The maximum atomic E-state index is 14.3. The fourth-order valence-corrected chi connectivity index (χ4v) is 5.85. The molecule has 0 bridgehead atoms. The topological polar surface area (TPSA) is 99.3 Å². The van der Waals surface area contributed by atoms with Crippen LogP contribution >= 0.6 is 0 Å². The van der Waals surface area contributed by atoms with Gasteiger partial charge in [0.15, 0.2) is 0 Å². The van der Waals surface area contributed by atoms with E-state index in [0.29, 0.717) is 30.2 Å². The number of hydrogen-bond acceptors (Lipinski definition) is 6. The van der Waals surface area contributed by atoms with E-state index in [4.69, 9.17) is 4.74 Å². The lowest BCUT2D eigenvalue weighted by Gasteiger charge is -2.33. The summed E-state index contributed by atoms with van der Waals surface area (Å²) in [6.07, 6.45) is 0. The largest absolute Gasteiger partial charge is 0.378 e. The number of hydrogen-bond donors (Lipinski definition) is 1. The van der Waals surface area contributed by atoms with E-state index < -0.39 is 36.1 Å². The Morgan fingerprint density at radius 2 is 1.46 bits per heavy atom. The van der Waals surface area contributed by atoms with Gasteiger partial charge in [-0.25, -0.2) is 0 Å². The van der Waals surface area contributed by atoms with E-state index >= 15 is 0 Å². The Morgan fingerprint density at radius 1 is 0.826 bits per heavy atom. The summed E-state index contributed by atoms with van der Waals surface area (Å²) >= 11 is 0. The van der Waals surface area contributed by atoms with Gasteiger partial charge >= 0.3 is 0 Å². The summed E-state index contributed by atoms with van der Waals surface area (Å²) in [5.74, 6) is -2.28. The molecule has 2 aliphatic rings. The van der Waals surface area contributed by atoms with Crippen molar-refractivity contribution in [1.29, 1.82) is 0 Å². The van der Waals surface area contributed by atoms with Gasteiger partial charge in [-0.1, -0.05) is 71.8 Å². The summed E-state index contributed by atoms with van der Waals surface area (Å²) < 4.78 is 5.46. The Kier molecular flexibility index (Phi) is 8.94. The number of fused-ring (bicyclic) bond motifs is 1. The molecule has 1 saturated heterocycles. The molecule has 2 heterocycles. The van der Waals surface area contributed by atoms with Crippen molar-refractivity contribution in [2.24, 2.45) is 0 Å². The quantitative estimate of drug-likeness (QED) is 0.264. The highest BCUT2D eigenvalue weighted by atomic mass is 16.5. The molecule has 6 rings (SSSR count). The first kappa shape index (κ1) is 30.7. The zero-order valence-electron chi connectivity index (χ0n) is 25.9. The zero-order valence-corrected chi connectivity index (χ0v) is 25.9. The first-order valence-electron chi connectivity index (χ1n) is 15.4. The average molecular weight is 617 g/mol. The number of carbonyl (C=O) groups excluding carboxylic acids is 4. The summed E-state index contributed by atoms with van der Waals surface area (Å²) in [7, 11) is 0. The van der Waals surface area contributed by atoms with Gasteiger partial charge in [0.1, 0.15) is 12.6 Å². The van der Waals surface area contributed by atoms with Gasteiger partial charge < -0.3 is 19.9 Å². The number of nitrogens with zero attached hydrogens (tertiary/aromatic N) is 3. The van der Waals surface area contributed by atoms with Crippen LogP contribution in [0, 0.1) is 13.8 Å². The monoisotopic (exact) mass is 616 g/mol. The van der Waals surface area contributed by atoms with Gasteiger partial charge in [-0.3, -0.25) is 24.1 Å². The molecular formula is C37H36N4O5. The molecular weight excluding hydrogens is 580 g/mol. The number of anilines is 3. The van der Waals surface area contributed by atoms with Crippen LogP contribution in [-0.4, -0.2) is 61.3 Å². The third kappa shape index (κ3) is 6.55. The summed E-state index contributed by atoms with van der Waals surface area (Å²) in [6, 6.07) is 28.5. The van der Waals surface area contributed by atoms with Gasteiger partial charge in [0.2, 0.25) is 5.91 Å². The van der Waals surface area contributed by atoms with Gasteiger partial charge in [0.25, 0.3) is 17.6 Å². The van der Waals surface area contributed by atoms with E-state index in [0.717, 1.165) is 35.5 Å². The molecule has 9 heteroatoms. The summed E-state index contributed by atoms with van der Waals surface area (Å²) in [6.45, 7) is 6.59. The number of Topliss-reactive ketones (excluding diaryl/α,β-unsaturated/α-hetero) is 1. The lowest BCUT2D eigenvalue weighted by Crippen LogP contribution is -2.46. The summed E-state index contributed by atoms with van der Waals surface area (Å²) in [5.41, 5.74) is 5.80. The van der Waals surface area contributed by atoms with Crippen molar-refractivity contribution in [3.63, 3.8) is 0 Å². The van der Waals surface area contributed by atoms with Crippen molar-refractivity contribution in [2.75, 3.05) is 48.0 Å². The molecule has 1 atom stereocenters. The molecule has 0 spiro atoms. The molecule has 1 unspecified atom stereocenters. The minimum absolute atomic E-state index is 0.110. The minimum Gasteiger partial charge on any atom is -0.378 e. The second-order valence-electron chi connectivity index (χ2n) is 11.7. The van der Waals surface area contributed by atoms with Gasteiger partial charge in [0, 0.05) is 31.0 Å². The lowest BCUT2D eigenvalue weighted by molar-refractivity contribution is -0.139. The van der Waals surface area contributed by atoms with Crippen LogP contribution in [0.3, 0.4) is 0 Å². The van der Waals surface area contributed by atoms with Crippen LogP contribution < -0.4 is 15.1 Å². The maximum Gasteiger partial charge on any atom is 0.299 e. The predicted molar refractivity (Wildman–Crippen MR) is 177 cm³/mol. The normalized spacial score (nSPS) is 15.0. The molecule has 4 aromatic carbocycles. The number of carbonyl (C=O) groups is 4. The standard InChI is InChI=1S/C37H36N4O5/c1-25-7-11-27(12-8-25)23-41(33(42)24-40-32-6-4-3-5-31(32)35(43)37(40)45)34(28-13-9-26(2)10-14-28)36(44)38-29-15-17-30(18-16-29)39-19-21-46-22-20-39/h3-18,34H,19-24H2,1-2H3,(H,38,44). The van der Waals surface area contributed by atoms with Gasteiger partial charge in [-0.05, 0) is 61.4 Å². The number of para-hydroxylation sites is 1. The van der Waals surface area contributed by atoms with Crippen LogP contribution in [0.2, 0.25) is 0 Å². The van der Waals surface area contributed by atoms with E-state index in [9.17, 15) is 19.2 Å². The number of ketones is 1. The van der Waals surface area contributed by atoms with Crippen molar-refractivity contribution in [1.82, 2.24) is 4.90 Å². The number of morpholine rings is 1. The van der Waals surface area contributed by atoms with Crippen molar-refractivity contribution < 1.29 is 23.9 Å². The molecule has 0 radical (unpaired) electrons. The molecule has 0 aromatic heterocycles. The molecule has 9 nitrogen and oxygen atoms in total. The molecule has 46 heavy (non-hydrogen) atoms. The van der Waals surface area contributed by atoms with E-state index in [2.05, 4.69) is 10.2 Å². The van der Waals surface area contributed by atoms with E-state index in [1.54, 1.807) is 24.3 Å². The Balaban J connectivity index is 1.33. The van der Waals surface area contributed by atoms with Crippen LogP contribution in [0.15, 0.2) is 97.1 Å². The highest BCUT2D eigenvalue weighted by molar-refractivity contribution is 6.52. The highest BCUT2D eigenvalue weighted by Crippen LogP contribution is 2.31. The van der Waals surface area contributed by atoms with Crippen LogP contribution in [0.4, 0.5) is 17.1 Å². The van der Waals surface area contributed by atoms with Gasteiger partial charge in [-0.15, -0.1) is 0 Å². The Hall–Kier alpha value is -5.28. The maximum absolute atomic E-state index is 14.3. The van der Waals surface area contributed by atoms with E-state index in [1.165, 1.54) is 9.80 Å². The molecule has 2 aliphatic heterocycles. The van der Waals surface area contributed by atoms with Crippen molar-refractivity contribution >= 4 is 40.6 Å². The molecule has 0 saturated carbocycles. The van der Waals surface area contributed by atoms with Crippen LogP contribution in [0.1, 0.15) is 38.7 Å². The fraction of sp³-hybridized carbons (Fsp3) is 0.243. The molecule has 1 N–H and O–H groups in total. The molecule has 4 aromatic rings. The Morgan fingerprint density at radius 3 is 2.13 bits per heavy atom. The third-order valence-corrected chi connectivity index (χ3v) is 8.43. The summed E-state index contributed by atoms with van der Waals surface area (Å²) in [5, 5.41) is 3.03. The number of aryl methyl sites for hydroxylation is 2. The van der Waals surface area contributed by atoms with E-state index in [-0.39, 0.29) is 12.1 Å². The molecule has 1 fully saturated rings. The molecule has 0 aliphatic carbocycles. The first-order valence-corrected chi connectivity index (χ1v) is 15.4. The number of amides is 3. The number of nitrogens with one attached hydrogen (secondary N) is 1. The minimum atomic E-state index is -1.03. The van der Waals surface area contributed by atoms with Crippen molar-refractivity contribution in [3.8, 4) is 0 Å². The fourth-order valence-electron chi connectivity index (χ4n) is 5.85. The highest BCUT2D eigenvalue weighted by Gasteiger charge is 2.39. The summed E-state index contributed by atoms with van der Waals surface area (Å²) in [4.78, 5) is 59.2. The predicted octanol–water partition coefficient (Wildman–Crippen LogP) is 5.08. The average Bonchev–Trinajstić information content (AvgIpc) is 3.31. The molecule has 234 valence electrons. The van der Waals surface area contributed by atoms with Gasteiger partial charge in [0.05, 0.1) is 24.5 Å².